The number of nitrogens with zero attached hydrogens (tertiary/aromatic N) is 3. The Hall–Kier alpha value is -3.26. The van der Waals surface area contributed by atoms with E-state index >= 15 is 0 Å². The van der Waals surface area contributed by atoms with E-state index in [1.54, 1.807) is 35.0 Å². The molecule has 0 saturated carbocycles. The lowest BCUT2D eigenvalue weighted by atomic mass is 10.2. The molecule has 0 unspecified atom stereocenters. The number of imidazole rings is 1. The van der Waals surface area contributed by atoms with Crippen molar-refractivity contribution in [3.05, 3.63) is 84.1 Å². The van der Waals surface area contributed by atoms with E-state index in [9.17, 15) is 13.6 Å². The molecule has 0 radical (unpaired) electrons. The highest BCUT2D eigenvalue weighted by Crippen LogP contribution is 2.26. The Morgan fingerprint density at radius 3 is 2.66 bits per heavy atom. The summed E-state index contributed by atoms with van der Waals surface area (Å²) in [5.74, 6) is -0.462. The zero-order valence-corrected chi connectivity index (χ0v) is 16.0. The smallest absolute Gasteiger partial charge is 0.244 e. The number of nitrogens with one attached hydrogen (secondary N) is 1. The third-order valence-electron chi connectivity index (χ3n) is 4.16. The number of carbonyl (C=O) groups excluding carboxylic acids is 1. The third kappa shape index (κ3) is 4.60. The van der Waals surface area contributed by atoms with Gasteiger partial charge in [-0.25, -0.2) is 18.7 Å². The van der Waals surface area contributed by atoms with E-state index in [4.69, 9.17) is 0 Å². The predicted molar refractivity (Wildman–Crippen MR) is 109 cm³/mol. The summed E-state index contributed by atoms with van der Waals surface area (Å²) in [6.07, 6.45) is 1.64. The molecule has 4 rings (SSSR count). The van der Waals surface area contributed by atoms with Crippen molar-refractivity contribution in [2.75, 3.05) is 5.32 Å². The van der Waals surface area contributed by atoms with Gasteiger partial charge < -0.3 is 5.32 Å². The van der Waals surface area contributed by atoms with E-state index in [1.807, 2.05) is 6.07 Å². The molecule has 0 aliphatic carbocycles. The van der Waals surface area contributed by atoms with Gasteiger partial charge in [0.25, 0.3) is 0 Å². The lowest BCUT2D eigenvalue weighted by Gasteiger charge is -2.09. The van der Waals surface area contributed by atoms with Gasteiger partial charge in [0.05, 0.1) is 0 Å². The SMILES string of the molecule is O=C(Cn1c(SCc2ccc(F)cc2)nc2cccnc21)Nc1cccc(F)c1. The number of carbonyl (C=O) groups is 1. The number of amides is 1. The predicted octanol–water partition coefficient (Wildman–Crippen LogP) is 4.64. The molecule has 0 spiro atoms. The molecule has 8 heteroatoms. The van der Waals surface area contributed by atoms with E-state index < -0.39 is 5.82 Å². The molecule has 1 amide bonds. The monoisotopic (exact) mass is 410 g/mol. The lowest BCUT2D eigenvalue weighted by Crippen LogP contribution is -2.19. The number of halogens is 2. The summed E-state index contributed by atoms with van der Waals surface area (Å²) in [6.45, 7) is -0.0181. The molecule has 2 aromatic heterocycles. The van der Waals surface area contributed by atoms with Gasteiger partial charge in [-0.05, 0) is 48.0 Å². The molecule has 4 aromatic rings. The number of aromatic nitrogens is 3. The first-order chi connectivity index (χ1) is 14.1. The second-order valence-electron chi connectivity index (χ2n) is 6.30. The maximum absolute atomic E-state index is 13.4. The van der Waals surface area contributed by atoms with Crippen LogP contribution in [0.3, 0.4) is 0 Å². The Balaban J connectivity index is 1.56. The van der Waals surface area contributed by atoms with Crippen molar-refractivity contribution in [1.82, 2.24) is 14.5 Å². The molecule has 0 bridgehead atoms. The maximum atomic E-state index is 13.4. The molecule has 2 aromatic carbocycles. The zero-order valence-electron chi connectivity index (χ0n) is 15.2. The van der Waals surface area contributed by atoms with Crippen LogP contribution in [0.2, 0.25) is 0 Å². The van der Waals surface area contributed by atoms with Crippen molar-refractivity contribution in [2.24, 2.45) is 0 Å². The fraction of sp³-hybridized carbons (Fsp3) is 0.0952. The summed E-state index contributed by atoms with van der Waals surface area (Å²) in [5.41, 5.74) is 2.58. The number of hydrogen-bond donors (Lipinski definition) is 1. The van der Waals surface area contributed by atoms with Crippen LogP contribution in [0.1, 0.15) is 5.56 Å². The number of hydrogen-bond acceptors (Lipinski definition) is 4. The van der Waals surface area contributed by atoms with Gasteiger partial charge in [0.15, 0.2) is 10.8 Å². The van der Waals surface area contributed by atoms with E-state index in [0.717, 1.165) is 5.56 Å². The van der Waals surface area contributed by atoms with E-state index in [1.165, 1.54) is 42.1 Å². The van der Waals surface area contributed by atoms with Crippen LogP contribution in [0.5, 0.6) is 0 Å². The summed E-state index contributed by atoms with van der Waals surface area (Å²) >= 11 is 1.43. The standard InChI is InChI=1S/C21H16F2N4OS/c22-15-8-6-14(7-9-15)13-29-21-26-18-5-2-10-24-20(18)27(21)12-19(28)25-17-4-1-3-16(23)11-17/h1-11H,12-13H2,(H,25,28). The molecule has 29 heavy (non-hydrogen) atoms. The van der Waals surface area contributed by atoms with E-state index in [-0.39, 0.29) is 18.3 Å². The minimum atomic E-state index is -0.423. The zero-order chi connectivity index (χ0) is 20.2. The summed E-state index contributed by atoms with van der Waals surface area (Å²) in [5, 5.41) is 3.31. The van der Waals surface area contributed by atoms with Crippen LogP contribution in [-0.4, -0.2) is 20.4 Å². The highest BCUT2D eigenvalue weighted by atomic mass is 32.2. The molecule has 146 valence electrons. The van der Waals surface area contributed by atoms with Gasteiger partial charge >= 0.3 is 0 Å². The average molecular weight is 410 g/mol. The first kappa shape index (κ1) is 19.1. The number of anilines is 1. The molecule has 2 heterocycles. The molecule has 0 atom stereocenters. The maximum Gasteiger partial charge on any atom is 0.244 e. The Bertz CT molecular complexity index is 1160. The molecular weight excluding hydrogens is 394 g/mol. The Kier molecular flexibility index (Phi) is 5.53. The van der Waals surface area contributed by atoms with Crippen LogP contribution in [0, 0.1) is 11.6 Å². The fourth-order valence-corrected chi connectivity index (χ4v) is 3.79. The largest absolute Gasteiger partial charge is 0.324 e. The van der Waals surface area contributed by atoms with Crippen LogP contribution in [0.4, 0.5) is 14.5 Å². The second-order valence-corrected chi connectivity index (χ2v) is 7.24. The van der Waals surface area contributed by atoms with Crippen molar-refractivity contribution >= 4 is 34.5 Å². The Morgan fingerprint density at radius 2 is 1.86 bits per heavy atom. The van der Waals surface area contributed by atoms with Crippen molar-refractivity contribution < 1.29 is 13.6 Å². The quantitative estimate of drug-likeness (QED) is 0.471. The summed E-state index contributed by atoms with van der Waals surface area (Å²) < 4.78 is 28.2. The van der Waals surface area contributed by atoms with Crippen LogP contribution < -0.4 is 5.32 Å². The van der Waals surface area contributed by atoms with Crippen LogP contribution in [-0.2, 0) is 17.1 Å². The van der Waals surface area contributed by atoms with Gasteiger partial charge in [0.1, 0.15) is 23.7 Å². The molecule has 0 fully saturated rings. The summed E-state index contributed by atoms with van der Waals surface area (Å²) in [4.78, 5) is 21.4. The topological polar surface area (TPSA) is 59.8 Å². The minimum absolute atomic E-state index is 0.0181. The first-order valence-electron chi connectivity index (χ1n) is 8.82. The van der Waals surface area contributed by atoms with Crippen LogP contribution >= 0.6 is 11.8 Å². The van der Waals surface area contributed by atoms with Crippen molar-refractivity contribution in [3.8, 4) is 0 Å². The van der Waals surface area contributed by atoms with E-state index in [2.05, 4.69) is 15.3 Å². The van der Waals surface area contributed by atoms with Gasteiger partial charge in [-0.3, -0.25) is 9.36 Å². The molecular formula is C21H16F2N4OS. The normalized spacial score (nSPS) is 11.0. The number of pyridine rings is 1. The van der Waals surface area contributed by atoms with Gasteiger partial charge in [-0.1, -0.05) is 30.0 Å². The van der Waals surface area contributed by atoms with Crippen molar-refractivity contribution in [3.63, 3.8) is 0 Å². The Morgan fingerprint density at radius 1 is 1.03 bits per heavy atom. The molecule has 1 N–H and O–H groups in total. The second kappa shape index (κ2) is 8.40. The Labute approximate surface area is 169 Å². The highest BCUT2D eigenvalue weighted by molar-refractivity contribution is 7.98. The molecule has 0 aliphatic rings. The van der Waals surface area contributed by atoms with E-state index in [0.29, 0.717) is 27.8 Å². The third-order valence-corrected chi connectivity index (χ3v) is 5.21. The molecule has 0 aliphatic heterocycles. The summed E-state index contributed by atoms with van der Waals surface area (Å²) in [7, 11) is 0. The number of fused-ring (bicyclic) bond motifs is 1. The van der Waals surface area contributed by atoms with Crippen LogP contribution in [0.25, 0.3) is 11.2 Å². The number of benzene rings is 2. The van der Waals surface area contributed by atoms with Gasteiger partial charge in [0.2, 0.25) is 5.91 Å². The fourth-order valence-electron chi connectivity index (χ4n) is 2.83. The molecule has 5 nitrogen and oxygen atoms in total. The first-order valence-corrected chi connectivity index (χ1v) is 9.81. The summed E-state index contributed by atoms with van der Waals surface area (Å²) in [6, 6.07) is 15.6. The van der Waals surface area contributed by atoms with Crippen LogP contribution in [0.15, 0.2) is 72.0 Å². The number of thioether (sulfide) groups is 1. The lowest BCUT2D eigenvalue weighted by molar-refractivity contribution is -0.116. The number of rotatable bonds is 6. The average Bonchev–Trinajstić information content (AvgIpc) is 3.05. The van der Waals surface area contributed by atoms with Crippen molar-refractivity contribution in [1.29, 1.82) is 0 Å². The highest BCUT2D eigenvalue weighted by Gasteiger charge is 2.15. The van der Waals surface area contributed by atoms with Gasteiger partial charge in [-0.2, -0.15) is 0 Å². The van der Waals surface area contributed by atoms with Gasteiger partial charge in [-0.15, -0.1) is 0 Å². The minimum Gasteiger partial charge on any atom is -0.324 e. The van der Waals surface area contributed by atoms with Crippen molar-refractivity contribution in [2.45, 2.75) is 17.5 Å². The molecule has 0 saturated heterocycles. The van der Waals surface area contributed by atoms with Gasteiger partial charge in [0, 0.05) is 17.6 Å².